The number of amides is 1. The van der Waals surface area contributed by atoms with Crippen LogP contribution < -0.4 is 10.1 Å². The van der Waals surface area contributed by atoms with E-state index in [2.05, 4.69) is 5.32 Å². The average Bonchev–Trinajstić information content (AvgIpc) is 2.71. The summed E-state index contributed by atoms with van der Waals surface area (Å²) in [4.78, 5) is 58.0. The molecule has 0 spiro atoms. The third kappa shape index (κ3) is 8.03. The summed E-state index contributed by atoms with van der Waals surface area (Å²) in [5.41, 5.74) is 0.515. The summed E-state index contributed by atoms with van der Waals surface area (Å²) in [6, 6.07) is 6.20. The van der Waals surface area contributed by atoms with Crippen molar-refractivity contribution in [2.24, 2.45) is 0 Å². The first-order chi connectivity index (χ1) is 16.0. The Kier molecular flexibility index (Phi) is 9.36. The molecule has 0 saturated carbocycles. The van der Waals surface area contributed by atoms with Gasteiger partial charge in [-0.15, -0.1) is 0 Å². The van der Waals surface area contributed by atoms with E-state index in [4.69, 9.17) is 28.4 Å². The number of nitrogens with one attached hydrogen (secondary N) is 1. The number of hydrogen-bond donors (Lipinski definition) is 1. The second kappa shape index (κ2) is 12.0. The van der Waals surface area contributed by atoms with Crippen molar-refractivity contribution in [1.82, 2.24) is 0 Å². The fourth-order valence-corrected chi connectivity index (χ4v) is 3.24. The van der Waals surface area contributed by atoms with E-state index in [0.29, 0.717) is 5.69 Å². The third-order valence-electron chi connectivity index (χ3n) is 4.38. The molecule has 1 aromatic carbocycles. The third-order valence-corrected chi connectivity index (χ3v) is 4.38. The van der Waals surface area contributed by atoms with Crippen LogP contribution in [-0.2, 0) is 47.7 Å². The highest BCUT2D eigenvalue weighted by Gasteiger charge is 2.53. The fourth-order valence-electron chi connectivity index (χ4n) is 3.24. The lowest BCUT2D eigenvalue weighted by molar-refractivity contribution is -0.288. The Bertz CT molecular complexity index is 914. The van der Waals surface area contributed by atoms with Crippen LogP contribution in [0.15, 0.2) is 24.3 Å². The summed E-state index contributed by atoms with van der Waals surface area (Å²) in [7, 11) is 0. The zero-order valence-electron chi connectivity index (χ0n) is 19.4. The first-order valence-corrected chi connectivity index (χ1v) is 10.3. The normalized spacial score (nSPS) is 23.7. The van der Waals surface area contributed by atoms with Gasteiger partial charge in [0.25, 0.3) is 0 Å². The summed E-state index contributed by atoms with van der Waals surface area (Å²) in [6.45, 7) is 5.58. The van der Waals surface area contributed by atoms with Crippen molar-refractivity contribution < 1.29 is 52.4 Å². The molecule has 0 aromatic heterocycles. The monoisotopic (exact) mass is 481 g/mol. The highest BCUT2D eigenvalue weighted by molar-refractivity contribution is 5.88. The van der Waals surface area contributed by atoms with E-state index in [-0.39, 0.29) is 18.3 Å². The van der Waals surface area contributed by atoms with Gasteiger partial charge in [0.1, 0.15) is 18.5 Å². The highest BCUT2D eigenvalue weighted by Crippen LogP contribution is 2.31. The number of hydrogen-bond acceptors (Lipinski definition) is 11. The Balaban J connectivity index is 2.40. The molecule has 2 rings (SSSR count). The van der Waals surface area contributed by atoms with Crippen LogP contribution in [0.4, 0.5) is 5.69 Å². The smallest absolute Gasteiger partial charge is 0.303 e. The van der Waals surface area contributed by atoms with E-state index in [0.717, 1.165) is 20.8 Å². The maximum atomic E-state index is 11.8. The molecule has 5 unspecified atom stereocenters. The molecule has 1 aliphatic heterocycles. The number of benzene rings is 1. The molecule has 1 fully saturated rings. The van der Waals surface area contributed by atoms with Gasteiger partial charge in [0.15, 0.2) is 12.2 Å². The van der Waals surface area contributed by atoms with E-state index < -0.39 is 54.6 Å². The molecule has 186 valence electrons. The van der Waals surface area contributed by atoms with Crippen LogP contribution in [-0.4, -0.2) is 67.1 Å². The fraction of sp³-hybridized carbons (Fsp3) is 0.500. The first-order valence-electron chi connectivity index (χ1n) is 10.3. The van der Waals surface area contributed by atoms with Gasteiger partial charge < -0.3 is 33.7 Å². The van der Waals surface area contributed by atoms with Crippen LogP contribution >= 0.6 is 0 Å². The molecular weight excluding hydrogens is 454 g/mol. The topological polar surface area (TPSA) is 153 Å². The van der Waals surface area contributed by atoms with Crippen molar-refractivity contribution in [3.8, 4) is 5.75 Å². The van der Waals surface area contributed by atoms with Gasteiger partial charge in [-0.3, -0.25) is 24.0 Å². The van der Waals surface area contributed by atoms with Crippen molar-refractivity contribution in [3.05, 3.63) is 24.3 Å². The molecule has 34 heavy (non-hydrogen) atoms. The first kappa shape index (κ1) is 26.6. The van der Waals surface area contributed by atoms with Gasteiger partial charge >= 0.3 is 23.9 Å². The molecule has 1 N–H and O–H groups in total. The highest BCUT2D eigenvalue weighted by atomic mass is 16.7. The molecule has 1 aromatic rings. The summed E-state index contributed by atoms with van der Waals surface area (Å²) in [5, 5.41) is 2.61. The quantitative estimate of drug-likeness (QED) is 0.419. The lowest BCUT2D eigenvalue weighted by atomic mass is 9.98. The Labute approximate surface area is 195 Å². The van der Waals surface area contributed by atoms with Crippen LogP contribution in [0.3, 0.4) is 0 Å². The minimum absolute atomic E-state index is 0.256. The molecule has 5 atom stereocenters. The Morgan fingerprint density at radius 3 is 1.79 bits per heavy atom. The van der Waals surface area contributed by atoms with Gasteiger partial charge in [-0.1, -0.05) is 0 Å². The SMILES string of the molecule is CC(=O)Nc1ccc(OC2OC(COC(C)=O)C(OC(C)=O)C(OC(C)=O)C2OC(C)=O)cc1. The van der Waals surface area contributed by atoms with Crippen molar-refractivity contribution >= 4 is 35.5 Å². The van der Waals surface area contributed by atoms with Crippen molar-refractivity contribution in [3.63, 3.8) is 0 Å². The van der Waals surface area contributed by atoms with Gasteiger partial charge in [-0.25, -0.2) is 0 Å². The van der Waals surface area contributed by atoms with Gasteiger partial charge in [-0.2, -0.15) is 0 Å². The van der Waals surface area contributed by atoms with Gasteiger partial charge in [0.05, 0.1) is 0 Å². The number of carbonyl (C=O) groups is 5. The molecule has 12 nitrogen and oxygen atoms in total. The Morgan fingerprint density at radius 1 is 0.765 bits per heavy atom. The van der Waals surface area contributed by atoms with Gasteiger partial charge in [0.2, 0.25) is 18.3 Å². The van der Waals surface area contributed by atoms with E-state index in [1.807, 2.05) is 0 Å². The molecule has 1 amide bonds. The molecule has 1 heterocycles. The number of carbonyl (C=O) groups excluding carboxylic acids is 5. The second-order valence-electron chi connectivity index (χ2n) is 7.39. The van der Waals surface area contributed by atoms with Crippen LogP contribution in [0.1, 0.15) is 34.6 Å². The van der Waals surface area contributed by atoms with E-state index in [1.54, 1.807) is 12.1 Å². The zero-order chi connectivity index (χ0) is 25.4. The van der Waals surface area contributed by atoms with Gasteiger partial charge in [-0.05, 0) is 24.3 Å². The Morgan fingerprint density at radius 2 is 1.29 bits per heavy atom. The summed E-state index contributed by atoms with van der Waals surface area (Å²) < 4.78 is 32.7. The van der Waals surface area contributed by atoms with Crippen molar-refractivity contribution in [2.45, 2.75) is 65.3 Å². The predicted molar refractivity (Wildman–Crippen MR) is 113 cm³/mol. The molecule has 0 bridgehead atoms. The molecule has 1 aliphatic rings. The second-order valence-corrected chi connectivity index (χ2v) is 7.39. The summed E-state index contributed by atoms with van der Waals surface area (Å²) >= 11 is 0. The van der Waals surface area contributed by atoms with Crippen LogP contribution in [0, 0.1) is 0 Å². The number of anilines is 1. The lowest BCUT2D eigenvalue weighted by Gasteiger charge is -2.43. The largest absolute Gasteiger partial charge is 0.463 e. The van der Waals surface area contributed by atoms with Crippen molar-refractivity contribution in [1.29, 1.82) is 0 Å². The standard InChI is InChI=1S/C22H27NO11/c1-11(24)23-16-6-8-17(9-7-16)33-22-21(32-15(5)28)20(31-14(4)27)19(30-13(3)26)18(34-22)10-29-12(2)25/h6-9,18-22H,10H2,1-5H3,(H,23,24). The average molecular weight is 481 g/mol. The van der Waals surface area contributed by atoms with Crippen LogP contribution in [0.2, 0.25) is 0 Å². The predicted octanol–water partition coefficient (Wildman–Crippen LogP) is 1.11. The maximum Gasteiger partial charge on any atom is 0.303 e. The summed E-state index contributed by atoms with van der Waals surface area (Å²) in [5.74, 6) is -2.83. The maximum absolute atomic E-state index is 11.8. The lowest BCUT2D eigenvalue weighted by Crippen LogP contribution is -2.63. The zero-order valence-corrected chi connectivity index (χ0v) is 19.4. The number of esters is 4. The van der Waals surface area contributed by atoms with Gasteiger partial charge in [0, 0.05) is 40.3 Å². The molecular formula is C22H27NO11. The van der Waals surface area contributed by atoms with Crippen LogP contribution in [0.5, 0.6) is 5.75 Å². The molecule has 1 saturated heterocycles. The van der Waals surface area contributed by atoms with E-state index >= 15 is 0 Å². The number of rotatable bonds is 8. The minimum atomic E-state index is -1.34. The molecule has 0 radical (unpaired) electrons. The Hall–Kier alpha value is -3.67. The van der Waals surface area contributed by atoms with Crippen LogP contribution in [0.25, 0.3) is 0 Å². The molecule has 12 heteroatoms. The van der Waals surface area contributed by atoms with E-state index in [1.165, 1.54) is 26.0 Å². The van der Waals surface area contributed by atoms with E-state index in [9.17, 15) is 24.0 Å². The van der Waals surface area contributed by atoms with Crippen molar-refractivity contribution in [2.75, 3.05) is 11.9 Å². The minimum Gasteiger partial charge on any atom is -0.463 e. The number of ether oxygens (including phenoxy) is 6. The summed E-state index contributed by atoms with van der Waals surface area (Å²) in [6.07, 6.45) is -6.40. The molecule has 0 aliphatic carbocycles.